The molecule has 1 aliphatic heterocycles. The van der Waals surface area contributed by atoms with Crippen molar-refractivity contribution in [3.05, 3.63) is 12.7 Å². The van der Waals surface area contributed by atoms with Crippen LogP contribution in [0.4, 0.5) is 4.79 Å². The van der Waals surface area contributed by atoms with Gasteiger partial charge in [-0.05, 0) is 13.3 Å². The van der Waals surface area contributed by atoms with E-state index in [1.54, 1.807) is 18.1 Å². The molecule has 0 aromatic carbocycles. The smallest absolute Gasteiger partial charge is 0.317 e. The Morgan fingerprint density at radius 1 is 1.65 bits per heavy atom. The average Bonchev–Trinajstić information content (AvgIpc) is 2.78. The summed E-state index contributed by atoms with van der Waals surface area (Å²) in [4.78, 5) is 13.6. The van der Waals surface area contributed by atoms with Crippen LogP contribution < -0.4 is 5.32 Å². The van der Waals surface area contributed by atoms with E-state index in [4.69, 9.17) is 9.47 Å². The second kappa shape index (κ2) is 7.29. The number of amides is 2. The number of nitrogens with one attached hydrogen (secondary N) is 1. The van der Waals surface area contributed by atoms with Crippen LogP contribution in [0.3, 0.4) is 0 Å². The first-order valence-electron chi connectivity index (χ1n) is 5.96. The summed E-state index contributed by atoms with van der Waals surface area (Å²) in [7, 11) is 1.65. The van der Waals surface area contributed by atoms with Gasteiger partial charge in [-0.25, -0.2) is 4.79 Å². The molecule has 0 aliphatic carbocycles. The molecule has 0 aromatic rings. The maximum Gasteiger partial charge on any atom is 0.317 e. The highest BCUT2D eigenvalue weighted by Gasteiger charge is 2.26. The molecule has 1 fully saturated rings. The summed E-state index contributed by atoms with van der Waals surface area (Å²) in [6.07, 6.45) is 2.73. The van der Waals surface area contributed by atoms with Gasteiger partial charge in [0.25, 0.3) is 0 Å². The SMILES string of the molecule is C=C[C@@H](C)NC(=O)N1CC[C@@H](OCCOC)C1. The Hall–Kier alpha value is -1.07. The lowest BCUT2D eigenvalue weighted by molar-refractivity contribution is 0.0236. The quantitative estimate of drug-likeness (QED) is 0.558. The summed E-state index contributed by atoms with van der Waals surface area (Å²) in [5.41, 5.74) is 0. The molecule has 1 rings (SSSR count). The van der Waals surface area contributed by atoms with Gasteiger partial charge in [-0.3, -0.25) is 0 Å². The van der Waals surface area contributed by atoms with Crippen molar-refractivity contribution in [3.63, 3.8) is 0 Å². The normalized spacial score (nSPS) is 21.3. The van der Waals surface area contributed by atoms with Gasteiger partial charge in [0.15, 0.2) is 0 Å². The molecule has 2 amide bonds. The topological polar surface area (TPSA) is 50.8 Å². The zero-order chi connectivity index (χ0) is 12.7. The van der Waals surface area contributed by atoms with Gasteiger partial charge >= 0.3 is 6.03 Å². The third kappa shape index (κ3) is 4.75. The summed E-state index contributed by atoms with van der Waals surface area (Å²) in [6.45, 7) is 8.10. The molecule has 0 bridgehead atoms. The standard InChI is InChI=1S/C12H22N2O3/c1-4-10(2)13-12(15)14-6-5-11(9-14)17-8-7-16-3/h4,10-11H,1,5-9H2,2-3H3,(H,13,15)/t10-,11-/m1/s1. The minimum Gasteiger partial charge on any atom is -0.382 e. The van der Waals surface area contributed by atoms with Crippen molar-refractivity contribution >= 4 is 6.03 Å². The van der Waals surface area contributed by atoms with Gasteiger partial charge in [-0.15, -0.1) is 6.58 Å². The second-order valence-corrected chi connectivity index (χ2v) is 4.19. The van der Waals surface area contributed by atoms with E-state index in [0.29, 0.717) is 19.8 Å². The van der Waals surface area contributed by atoms with Crippen molar-refractivity contribution < 1.29 is 14.3 Å². The fraction of sp³-hybridized carbons (Fsp3) is 0.750. The zero-order valence-corrected chi connectivity index (χ0v) is 10.6. The highest BCUT2D eigenvalue weighted by molar-refractivity contribution is 5.75. The molecular formula is C12H22N2O3. The number of rotatable bonds is 6. The van der Waals surface area contributed by atoms with E-state index in [-0.39, 0.29) is 18.2 Å². The Morgan fingerprint density at radius 2 is 2.41 bits per heavy atom. The lowest BCUT2D eigenvalue weighted by Gasteiger charge is -2.19. The van der Waals surface area contributed by atoms with Crippen LogP contribution in [0.15, 0.2) is 12.7 Å². The van der Waals surface area contributed by atoms with Crippen molar-refractivity contribution in [2.75, 3.05) is 33.4 Å². The third-order valence-electron chi connectivity index (χ3n) is 2.78. The van der Waals surface area contributed by atoms with E-state index >= 15 is 0 Å². The summed E-state index contributed by atoms with van der Waals surface area (Å²) < 4.78 is 10.5. The summed E-state index contributed by atoms with van der Waals surface area (Å²) in [5.74, 6) is 0. The minimum atomic E-state index is -0.0461. The van der Waals surface area contributed by atoms with Gasteiger partial charge in [0, 0.05) is 26.2 Å². The number of carbonyl (C=O) groups excluding carboxylic acids is 1. The third-order valence-corrected chi connectivity index (χ3v) is 2.78. The first kappa shape index (κ1) is 14.0. The van der Waals surface area contributed by atoms with Crippen LogP contribution in [0.5, 0.6) is 0 Å². The number of hydrogen-bond acceptors (Lipinski definition) is 3. The van der Waals surface area contributed by atoms with Crippen LogP contribution in [-0.4, -0.2) is 56.5 Å². The lowest BCUT2D eigenvalue weighted by atomic mass is 10.3. The molecule has 17 heavy (non-hydrogen) atoms. The molecule has 1 aliphatic rings. The Bertz CT molecular complexity index is 258. The van der Waals surface area contributed by atoms with Crippen molar-refractivity contribution in [3.8, 4) is 0 Å². The summed E-state index contributed by atoms with van der Waals surface area (Å²) >= 11 is 0. The van der Waals surface area contributed by atoms with E-state index in [0.717, 1.165) is 13.0 Å². The number of urea groups is 1. The number of ether oxygens (including phenoxy) is 2. The number of nitrogens with zero attached hydrogens (tertiary/aromatic N) is 1. The van der Waals surface area contributed by atoms with Crippen LogP contribution in [0, 0.1) is 0 Å². The maximum absolute atomic E-state index is 11.8. The number of methoxy groups -OCH3 is 1. The van der Waals surface area contributed by atoms with Gasteiger partial charge in [-0.2, -0.15) is 0 Å². The molecule has 0 spiro atoms. The van der Waals surface area contributed by atoms with E-state index in [9.17, 15) is 4.79 Å². The largest absolute Gasteiger partial charge is 0.382 e. The first-order chi connectivity index (χ1) is 8.17. The van der Waals surface area contributed by atoms with Gasteiger partial charge < -0.3 is 19.7 Å². The van der Waals surface area contributed by atoms with E-state index in [1.165, 1.54) is 0 Å². The highest BCUT2D eigenvalue weighted by Crippen LogP contribution is 2.12. The molecule has 2 atom stereocenters. The zero-order valence-electron chi connectivity index (χ0n) is 10.6. The molecule has 0 unspecified atom stereocenters. The minimum absolute atomic E-state index is 0.00374. The Labute approximate surface area is 103 Å². The first-order valence-corrected chi connectivity index (χ1v) is 5.96. The van der Waals surface area contributed by atoms with Gasteiger partial charge in [0.2, 0.25) is 0 Å². The molecule has 98 valence electrons. The number of carbonyl (C=O) groups is 1. The average molecular weight is 242 g/mol. The van der Waals surface area contributed by atoms with Crippen molar-refractivity contribution in [2.45, 2.75) is 25.5 Å². The Kier molecular flexibility index (Phi) is 6.00. The van der Waals surface area contributed by atoms with Crippen LogP contribution in [0.2, 0.25) is 0 Å². The molecule has 0 radical (unpaired) electrons. The molecule has 1 saturated heterocycles. The molecule has 0 aromatic heterocycles. The van der Waals surface area contributed by atoms with Gasteiger partial charge in [0.05, 0.1) is 19.3 Å². The van der Waals surface area contributed by atoms with Crippen LogP contribution >= 0.6 is 0 Å². The second-order valence-electron chi connectivity index (χ2n) is 4.19. The summed E-state index contributed by atoms with van der Waals surface area (Å²) in [6, 6.07) is -0.0498. The van der Waals surface area contributed by atoms with Crippen LogP contribution in [-0.2, 0) is 9.47 Å². The van der Waals surface area contributed by atoms with Crippen LogP contribution in [0.25, 0.3) is 0 Å². The van der Waals surface area contributed by atoms with Crippen molar-refractivity contribution in [2.24, 2.45) is 0 Å². The molecule has 5 nitrogen and oxygen atoms in total. The van der Waals surface area contributed by atoms with E-state index in [1.807, 2.05) is 6.92 Å². The van der Waals surface area contributed by atoms with Crippen molar-refractivity contribution in [1.82, 2.24) is 10.2 Å². The number of likely N-dealkylation sites (tertiary alicyclic amines) is 1. The maximum atomic E-state index is 11.8. The fourth-order valence-electron chi connectivity index (χ4n) is 1.69. The Balaban J connectivity index is 2.24. The molecule has 1 heterocycles. The lowest BCUT2D eigenvalue weighted by Crippen LogP contribution is -2.42. The van der Waals surface area contributed by atoms with E-state index in [2.05, 4.69) is 11.9 Å². The van der Waals surface area contributed by atoms with Gasteiger partial charge in [-0.1, -0.05) is 6.08 Å². The molecule has 1 N–H and O–H groups in total. The molecular weight excluding hydrogens is 220 g/mol. The highest BCUT2D eigenvalue weighted by atomic mass is 16.5. The van der Waals surface area contributed by atoms with E-state index < -0.39 is 0 Å². The predicted molar refractivity (Wildman–Crippen MR) is 66.0 cm³/mol. The number of hydrogen-bond donors (Lipinski definition) is 1. The predicted octanol–water partition coefficient (Wildman–Crippen LogP) is 1.01. The summed E-state index contributed by atoms with van der Waals surface area (Å²) in [5, 5.41) is 2.85. The Morgan fingerprint density at radius 3 is 3.06 bits per heavy atom. The fourth-order valence-corrected chi connectivity index (χ4v) is 1.69. The monoisotopic (exact) mass is 242 g/mol. The van der Waals surface area contributed by atoms with Crippen molar-refractivity contribution in [1.29, 1.82) is 0 Å². The van der Waals surface area contributed by atoms with Gasteiger partial charge in [0.1, 0.15) is 0 Å². The molecule has 5 heteroatoms. The molecule has 0 saturated carbocycles. The van der Waals surface area contributed by atoms with Crippen LogP contribution in [0.1, 0.15) is 13.3 Å².